The number of nitrogens with one attached hydrogen (secondary N) is 1. The van der Waals surface area contributed by atoms with Gasteiger partial charge in [-0.2, -0.15) is 5.01 Å². The SMILES string of the molecule is O=C(NN1C(=O)/C(=C\c2ccco2)SC1=S)C(c1ccccc1)c1ccccc1. The van der Waals surface area contributed by atoms with Crippen molar-refractivity contribution in [2.75, 3.05) is 0 Å². The molecule has 0 unspecified atom stereocenters. The van der Waals surface area contributed by atoms with Crippen molar-refractivity contribution in [3.8, 4) is 0 Å². The van der Waals surface area contributed by atoms with Gasteiger partial charge in [0, 0.05) is 6.08 Å². The first kappa shape index (κ1) is 19.2. The summed E-state index contributed by atoms with van der Waals surface area (Å²) in [7, 11) is 0. The Balaban J connectivity index is 1.59. The van der Waals surface area contributed by atoms with Crippen LogP contribution >= 0.6 is 24.0 Å². The first-order valence-corrected chi connectivity index (χ1v) is 10.1. The van der Waals surface area contributed by atoms with Crippen LogP contribution in [-0.4, -0.2) is 21.1 Å². The minimum atomic E-state index is -0.573. The van der Waals surface area contributed by atoms with Gasteiger partial charge in [-0.3, -0.25) is 15.0 Å². The van der Waals surface area contributed by atoms with E-state index in [4.69, 9.17) is 16.6 Å². The van der Waals surface area contributed by atoms with Crippen LogP contribution in [0.4, 0.5) is 0 Å². The van der Waals surface area contributed by atoms with Crippen molar-refractivity contribution in [1.29, 1.82) is 0 Å². The van der Waals surface area contributed by atoms with E-state index in [1.807, 2.05) is 60.7 Å². The molecule has 29 heavy (non-hydrogen) atoms. The van der Waals surface area contributed by atoms with Crippen LogP contribution in [0.1, 0.15) is 22.8 Å². The predicted octanol–water partition coefficient (Wildman–Crippen LogP) is 4.34. The number of hydrogen-bond donors (Lipinski definition) is 1. The third kappa shape index (κ3) is 4.16. The first-order valence-electron chi connectivity index (χ1n) is 8.85. The minimum absolute atomic E-state index is 0.265. The van der Waals surface area contributed by atoms with E-state index in [0.29, 0.717) is 10.7 Å². The second-order valence-corrected chi connectivity index (χ2v) is 7.94. The number of thioether (sulfide) groups is 1. The topological polar surface area (TPSA) is 62.6 Å². The molecule has 2 heterocycles. The Morgan fingerprint density at radius 1 is 1.00 bits per heavy atom. The average Bonchev–Trinajstić information content (AvgIpc) is 3.34. The summed E-state index contributed by atoms with van der Waals surface area (Å²) in [6.07, 6.45) is 3.13. The van der Waals surface area contributed by atoms with Crippen LogP contribution in [0.2, 0.25) is 0 Å². The molecule has 0 atom stereocenters. The number of amides is 2. The number of furan rings is 1. The van der Waals surface area contributed by atoms with E-state index < -0.39 is 5.92 Å². The van der Waals surface area contributed by atoms with Gasteiger partial charge in [0.25, 0.3) is 11.8 Å². The van der Waals surface area contributed by atoms with Gasteiger partial charge in [0.2, 0.25) is 0 Å². The van der Waals surface area contributed by atoms with Crippen LogP contribution in [0, 0.1) is 0 Å². The van der Waals surface area contributed by atoms with E-state index in [0.717, 1.165) is 27.9 Å². The molecule has 5 nitrogen and oxygen atoms in total. The fourth-order valence-electron chi connectivity index (χ4n) is 3.03. The lowest BCUT2D eigenvalue weighted by molar-refractivity contribution is -0.133. The van der Waals surface area contributed by atoms with Crippen LogP contribution in [-0.2, 0) is 9.59 Å². The van der Waals surface area contributed by atoms with Gasteiger partial charge in [-0.25, -0.2) is 0 Å². The number of hydrogen-bond acceptors (Lipinski definition) is 5. The molecule has 1 aliphatic heterocycles. The lowest BCUT2D eigenvalue weighted by Crippen LogP contribution is -2.46. The zero-order chi connectivity index (χ0) is 20.2. The standard InChI is InChI=1S/C22H16N2O3S2/c25-20(19(15-8-3-1-4-9-15)16-10-5-2-6-11-16)23-24-21(26)18(29-22(24)28)14-17-12-7-13-27-17/h1-14,19H,(H,23,25)/b18-14+. The molecule has 7 heteroatoms. The van der Waals surface area contributed by atoms with Crippen molar-refractivity contribution in [2.45, 2.75) is 5.92 Å². The maximum Gasteiger partial charge on any atom is 0.285 e. The molecule has 2 amide bonds. The highest BCUT2D eigenvalue weighted by Crippen LogP contribution is 2.32. The number of rotatable bonds is 5. The van der Waals surface area contributed by atoms with Gasteiger partial charge in [0.05, 0.1) is 17.1 Å². The Hall–Kier alpha value is -3.16. The van der Waals surface area contributed by atoms with E-state index in [1.165, 1.54) is 6.26 Å². The number of carbonyl (C=O) groups is 2. The van der Waals surface area contributed by atoms with Crippen molar-refractivity contribution in [1.82, 2.24) is 10.4 Å². The van der Waals surface area contributed by atoms with Gasteiger partial charge >= 0.3 is 0 Å². The molecule has 1 fully saturated rings. The Labute approximate surface area is 177 Å². The number of hydrazine groups is 1. The molecule has 1 aromatic heterocycles. The quantitative estimate of drug-likeness (QED) is 0.491. The summed E-state index contributed by atoms with van der Waals surface area (Å²) in [5, 5.41) is 1.12. The largest absolute Gasteiger partial charge is 0.465 e. The summed E-state index contributed by atoms with van der Waals surface area (Å²) in [5.74, 6) is -0.748. The predicted molar refractivity (Wildman–Crippen MR) is 117 cm³/mol. The van der Waals surface area contributed by atoms with Gasteiger partial charge < -0.3 is 4.42 Å². The normalized spacial score (nSPS) is 15.3. The number of nitrogens with zero attached hydrogens (tertiary/aromatic N) is 1. The fourth-order valence-corrected chi connectivity index (χ4v) is 4.19. The zero-order valence-electron chi connectivity index (χ0n) is 15.1. The van der Waals surface area contributed by atoms with Crippen LogP contribution in [0.3, 0.4) is 0 Å². The van der Waals surface area contributed by atoms with E-state index >= 15 is 0 Å². The van der Waals surface area contributed by atoms with Gasteiger partial charge in [0.15, 0.2) is 4.32 Å². The smallest absolute Gasteiger partial charge is 0.285 e. The van der Waals surface area contributed by atoms with Crippen LogP contribution < -0.4 is 5.43 Å². The van der Waals surface area contributed by atoms with E-state index in [9.17, 15) is 9.59 Å². The van der Waals surface area contributed by atoms with Crippen molar-refractivity contribution in [3.63, 3.8) is 0 Å². The van der Waals surface area contributed by atoms with Crippen molar-refractivity contribution >= 4 is 46.2 Å². The lowest BCUT2D eigenvalue weighted by Gasteiger charge is -2.22. The second kappa shape index (κ2) is 8.46. The maximum absolute atomic E-state index is 13.2. The summed E-state index contributed by atoms with van der Waals surface area (Å²) < 4.78 is 5.52. The molecule has 0 radical (unpaired) electrons. The third-order valence-electron chi connectivity index (χ3n) is 4.36. The fraction of sp³-hybridized carbons (Fsp3) is 0.0455. The molecule has 3 aromatic rings. The molecular formula is C22H16N2O3S2. The molecule has 4 rings (SSSR count). The summed E-state index contributed by atoms with van der Waals surface area (Å²) in [6.45, 7) is 0. The van der Waals surface area contributed by atoms with E-state index in [2.05, 4.69) is 5.43 Å². The number of thiocarbonyl (C=S) groups is 1. The van der Waals surface area contributed by atoms with Gasteiger partial charge in [-0.05, 0) is 35.5 Å². The Bertz CT molecular complexity index is 1020. The lowest BCUT2D eigenvalue weighted by atomic mass is 9.91. The molecule has 144 valence electrons. The van der Waals surface area contributed by atoms with Gasteiger partial charge in [-0.1, -0.05) is 72.4 Å². The Morgan fingerprint density at radius 3 is 2.17 bits per heavy atom. The zero-order valence-corrected chi connectivity index (χ0v) is 16.8. The summed E-state index contributed by atoms with van der Waals surface area (Å²) in [6, 6.07) is 22.3. The number of benzene rings is 2. The van der Waals surface area contributed by atoms with Gasteiger partial charge in [0.1, 0.15) is 5.76 Å². The highest BCUT2D eigenvalue weighted by molar-refractivity contribution is 8.26. The Kier molecular flexibility index (Phi) is 5.59. The molecule has 0 spiro atoms. The molecule has 1 N–H and O–H groups in total. The molecule has 2 aromatic carbocycles. The molecule has 0 saturated carbocycles. The molecule has 0 bridgehead atoms. The number of carbonyl (C=O) groups excluding carboxylic acids is 2. The van der Waals surface area contributed by atoms with E-state index in [1.54, 1.807) is 18.2 Å². The second-order valence-electron chi connectivity index (χ2n) is 6.26. The summed E-state index contributed by atoms with van der Waals surface area (Å²) in [5.41, 5.74) is 4.35. The van der Waals surface area contributed by atoms with E-state index in [-0.39, 0.29) is 16.1 Å². The highest BCUT2D eigenvalue weighted by Gasteiger charge is 2.35. The Morgan fingerprint density at radius 2 is 1.62 bits per heavy atom. The summed E-state index contributed by atoms with van der Waals surface area (Å²) in [4.78, 5) is 26.4. The van der Waals surface area contributed by atoms with Crippen LogP contribution in [0.5, 0.6) is 0 Å². The minimum Gasteiger partial charge on any atom is -0.465 e. The van der Waals surface area contributed by atoms with Crippen LogP contribution in [0.15, 0.2) is 88.4 Å². The van der Waals surface area contributed by atoms with Crippen molar-refractivity contribution in [3.05, 3.63) is 101 Å². The molecular weight excluding hydrogens is 404 g/mol. The molecule has 1 saturated heterocycles. The first-order chi connectivity index (χ1) is 14.1. The summed E-state index contributed by atoms with van der Waals surface area (Å²) >= 11 is 6.43. The maximum atomic E-state index is 13.2. The third-order valence-corrected chi connectivity index (χ3v) is 5.66. The van der Waals surface area contributed by atoms with Gasteiger partial charge in [-0.15, -0.1) is 0 Å². The van der Waals surface area contributed by atoms with Crippen molar-refractivity contribution in [2.24, 2.45) is 0 Å². The highest BCUT2D eigenvalue weighted by atomic mass is 32.2. The molecule has 1 aliphatic rings. The van der Waals surface area contributed by atoms with Crippen LogP contribution in [0.25, 0.3) is 6.08 Å². The monoisotopic (exact) mass is 420 g/mol. The van der Waals surface area contributed by atoms with Crippen molar-refractivity contribution < 1.29 is 14.0 Å². The molecule has 0 aliphatic carbocycles. The average molecular weight is 421 g/mol.